The van der Waals surface area contributed by atoms with Gasteiger partial charge in [-0.1, -0.05) is 16.8 Å². The van der Waals surface area contributed by atoms with E-state index in [1.807, 2.05) is 6.07 Å². The second-order valence-corrected chi connectivity index (χ2v) is 8.13. The lowest BCUT2D eigenvalue weighted by atomic mass is 10.2. The molecule has 30 heavy (non-hydrogen) atoms. The third-order valence-corrected chi connectivity index (χ3v) is 6.15. The van der Waals surface area contributed by atoms with E-state index < -0.39 is 0 Å². The molecule has 2 fully saturated rings. The molecule has 1 saturated carbocycles. The number of nitrogens with zero attached hydrogens (tertiary/aromatic N) is 7. The number of rotatable bonds is 4. The van der Waals surface area contributed by atoms with Crippen LogP contribution in [0.15, 0.2) is 52.3 Å². The van der Waals surface area contributed by atoms with Gasteiger partial charge < -0.3 is 9.42 Å². The summed E-state index contributed by atoms with van der Waals surface area (Å²) in [4.78, 5) is 32.1. The Bertz CT molecular complexity index is 1310. The van der Waals surface area contributed by atoms with E-state index in [1.54, 1.807) is 30.6 Å². The molecule has 9 nitrogen and oxygen atoms in total. The number of pyridine rings is 2. The SMILES string of the molecule is O=c1c2cccnc2ncn1Cc1nc([C@@H]2[C@@H]3CN(c4cc(Cl)ccn4)C[C@@H]32)no1. The molecule has 10 heteroatoms. The highest BCUT2D eigenvalue weighted by atomic mass is 35.5. The Labute approximate surface area is 175 Å². The minimum Gasteiger partial charge on any atom is -0.356 e. The number of aromatic nitrogens is 6. The fourth-order valence-corrected chi connectivity index (χ4v) is 4.54. The minimum absolute atomic E-state index is 0.180. The average molecular weight is 422 g/mol. The number of hydrogen-bond donors (Lipinski definition) is 0. The lowest BCUT2D eigenvalue weighted by Crippen LogP contribution is -2.24. The van der Waals surface area contributed by atoms with E-state index in [0.29, 0.717) is 39.6 Å². The van der Waals surface area contributed by atoms with Gasteiger partial charge in [0.1, 0.15) is 18.7 Å². The molecule has 0 amide bonds. The maximum atomic E-state index is 12.6. The molecule has 4 aromatic rings. The molecule has 1 aliphatic heterocycles. The molecule has 0 N–H and O–H groups in total. The van der Waals surface area contributed by atoms with Gasteiger partial charge in [-0.25, -0.2) is 15.0 Å². The quantitative estimate of drug-likeness (QED) is 0.493. The number of hydrogen-bond acceptors (Lipinski definition) is 8. The monoisotopic (exact) mass is 421 g/mol. The zero-order chi connectivity index (χ0) is 20.2. The van der Waals surface area contributed by atoms with Gasteiger partial charge in [0.25, 0.3) is 5.56 Å². The van der Waals surface area contributed by atoms with Crippen LogP contribution in [0.2, 0.25) is 5.02 Å². The summed E-state index contributed by atoms with van der Waals surface area (Å²) in [6, 6.07) is 7.09. The minimum atomic E-state index is -0.180. The van der Waals surface area contributed by atoms with Gasteiger partial charge in [-0.15, -0.1) is 0 Å². The van der Waals surface area contributed by atoms with Gasteiger partial charge in [0.2, 0.25) is 5.89 Å². The Morgan fingerprint density at radius 3 is 2.83 bits per heavy atom. The zero-order valence-electron chi connectivity index (χ0n) is 15.7. The second-order valence-electron chi connectivity index (χ2n) is 7.69. The van der Waals surface area contributed by atoms with Crippen molar-refractivity contribution in [1.82, 2.24) is 29.7 Å². The molecule has 2 aliphatic rings. The fourth-order valence-electron chi connectivity index (χ4n) is 4.39. The summed E-state index contributed by atoms with van der Waals surface area (Å²) in [7, 11) is 0. The van der Waals surface area contributed by atoms with Gasteiger partial charge >= 0.3 is 0 Å². The van der Waals surface area contributed by atoms with E-state index in [4.69, 9.17) is 16.1 Å². The van der Waals surface area contributed by atoms with E-state index in [1.165, 1.54) is 10.9 Å². The molecule has 1 saturated heterocycles. The van der Waals surface area contributed by atoms with Crippen molar-refractivity contribution in [3.8, 4) is 0 Å². The topological polar surface area (TPSA) is 103 Å². The maximum absolute atomic E-state index is 12.6. The summed E-state index contributed by atoms with van der Waals surface area (Å²) >= 11 is 6.08. The van der Waals surface area contributed by atoms with Crippen molar-refractivity contribution in [3.63, 3.8) is 0 Å². The van der Waals surface area contributed by atoms with Gasteiger partial charge in [0.15, 0.2) is 11.5 Å². The molecule has 5 heterocycles. The van der Waals surface area contributed by atoms with Gasteiger partial charge in [-0.3, -0.25) is 9.36 Å². The fraction of sp³-hybridized carbons (Fsp3) is 0.300. The molecule has 0 bridgehead atoms. The van der Waals surface area contributed by atoms with Crippen LogP contribution >= 0.6 is 11.6 Å². The highest BCUT2D eigenvalue weighted by Gasteiger charge is 2.58. The highest BCUT2D eigenvalue weighted by molar-refractivity contribution is 6.30. The van der Waals surface area contributed by atoms with Crippen molar-refractivity contribution >= 4 is 28.5 Å². The average Bonchev–Trinajstić information content (AvgIpc) is 3.10. The molecule has 0 unspecified atom stereocenters. The molecule has 1 aliphatic carbocycles. The number of halogens is 1. The first-order valence-electron chi connectivity index (χ1n) is 9.66. The standard InChI is InChI=1S/C20H16ClN7O2/c21-11-3-5-22-15(6-11)27-7-13-14(8-27)17(13)19-25-16(30-26-19)9-28-10-24-18-12(20(28)29)2-1-4-23-18/h1-6,10,13-14,17H,7-9H2/t13-,14+,17-. The highest BCUT2D eigenvalue weighted by Crippen LogP contribution is 2.57. The Morgan fingerprint density at radius 1 is 1.13 bits per heavy atom. The summed E-state index contributed by atoms with van der Waals surface area (Å²) in [5.41, 5.74) is 0.246. The smallest absolute Gasteiger partial charge is 0.263 e. The number of fused-ring (bicyclic) bond motifs is 2. The Hall–Kier alpha value is -3.33. The van der Waals surface area contributed by atoms with Crippen LogP contribution in [-0.2, 0) is 6.54 Å². The van der Waals surface area contributed by atoms with Crippen molar-refractivity contribution in [1.29, 1.82) is 0 Å². The van der Waals surface area contributed by atoms with E-state index in [0.717, 1.165) is 18.9 Å². The van der Waals surface area contributed by atoms with Crippen molar-refractivity contribution in [3.05, 3.63) is 70.1 Å². The van der Waals surface area contributed by atoms with Crippen LogP contribution in [0.4, 0.5) is 5.82 Å². The van der Waals surface area contributed by atoms with Crippen LogP contribution in [0.25, 0.3) is 11.0 Å². The number of anilines is 1. The predicted octanol–water partition coefficient (Wildman–Crippen LogP) is 2.12. The maximum Gasteiger partial charge on any atom is 0.263 e. The van der Waals surface area contributed by atoms with E-state index >= 15 is 0 Å². The molecular formula is C20H16ClN7O2. The molecule has 4 aromatic heterocycles. The van der Waals surface area contributed by atoms with Crippen LogP contribution in [0, 0.1) is 11.8 Å². The zero-order valence-corrected chi connectivity index (χ0v) is 16.5. The molecule has 6 rings (SSSR count). The summed E-state index contributed by atoms with van der Waals surface area (Å²) in [5.74, 6) is 3.26. The summed E-state index contributed by atoms with van der Waals surface area (Å²) in [6.45, 7) is 1.98. The van der Waals surface area contributed by atoms with E-state index in [9.17, 15) is 4.79 Å². The van der Waals surface area contributed by atoms with Crippen LogP contribution in [-0.4, -0.2) is 42.7 Å². The second kappa shape index (κ2) is 6.60. The molecule has 0 spiro atoms. The van der Waals surface area contributed by atoms with Gasteiger partial charge in [-0.05, 0) is 36.1 Å². The van der Waals surface area contributed by atoms with Crippen LogP contribution in [0.1, 0.15) is 17.6 Å². The molecule has 0 aromatic carbocycles. The first kappa shape index (κ1) is 17.5. The van der Waals surface area contributed by atoms with Crippen LogP contribution in [0.5, 0.6) is 0 Å². The first-order chi connectivity index (χ1) is 14.7. The summed E-state index contributed by atoms with van der Waals surface area (Å²) < 4.78 is 6.88. The Morgan fingerprint density at radius 2 is 2.00 bits per heavy atom. The van der Waals surface area contributed by atoms with Crippen LogP contribution < -0.4 is 10.5 Å². The lowest BCUT2D eigenvalue weighted by molar-refractivity contribution is 0.363. The third kappa shape index (κ3) is 2.85. The molecule has 3 atom stereocenters. The van der Waals surface area contributed by atoms with Gasteiger partial charge in [0, 0.05) is 36.4 Å². The summed E-state index contributed by atoms with van der Waals surface area (Å²) in [6.07, 6.45) is 4.80. The first-order valence-corrected chi connectivity index (χ1v) is 10.0. The third-order valence-electron chi connectivity index (χ3n) is 5.91. The number of piperidine rings is 1. The van der Waals surface area contributed by atoms with Crippen molar-refractivity contribution in [2.24, 2.45) is 11.8 Å². The van der Waals surface area contributed by atoms with Gasteiger partial charge in [-0.2, -0.15) is 4.98 Å². The largest absolute Gasteiger partial charge is 0.356 e. The van der Waals surface area contributed by atoms with Gasteiger partial charge in [0.05, 0.1) is 5.39 Å². The lowest BCUT2D eigenvalue weighted by Gasteiger charge is -2.20. The van der Waals surface area contributed by atoms with E-state index in [2.05, 4.69) is 30.0 Å². The predicted molar refractivity (Wildman–Crippen MR) is 108 cm³/mol. The summed E-state index contributed by atoms with van der Waals surface area (Å²) in [5, 5.41) is 5.32. The molecule has 150 valence electrons. The molecule has 0 radical (unpaired) electrons. The Balaban J connectivity index is 1.16. The Kier molecular flexibility index (Phi) is 3.85. The van der Waals surface area contributed by atoms with Crippen LogP contribution in [0.3, 0.4) is 0 Å². The van der Waals surface area contributed by atoms with Crippen molar-refractivity contribution in [2.45, 2.75) is 12.5 Å². The molecular weight excluding hydrogens is 406 g/mol. The van der Waals surface area contributed by atoms with Crippen molar-refractivity contribution in [2.75, 3.05) is 18.0 Å². The van der Waals surface area contributed by atoms with Crippen molar-refractivity contribution < 1.29 is 4.52 Å². The van der Waals surface area contributed by atoms with E-state index in [-0.39, 0.29) is 18.0 Å². The normalized spacial score (nSPS) is 22.4.